The molecule has 0 fully saturated rings. The molecule has 0 spiro atoms. The van der Waals surface area contributed by atoms with Crippen LogP contribution in [-0.4, -0.2) is 39.5 Å². The van der Waals surface area contributed by atoms with E-state index in [1.54, 1.807) is 16.9 Å². The normalized spacial score (nSPS) is 12.7. The van der Waals surface area contributed by atoms with Crippen molar-refractivity contribution in [3.05, 3.63) is 41.6 Å². The number of halogens is 1. The van der Waals surface area contributed by atoms with Crippen molar-refractivity contribution in [2.45, 2.75) is 45.3 Å². The minimum absolute atomic E-state index is 0.203. The molecule has 0 atom stereocenters. The SMILES string of the molecule is CC(C)(C)[Si](C)(C)OCCc1cc(-c2cn3nc(Cl)ccc3n2)ncn1. The number of fused-ring (bicyclic) bond motifs is 1. The van der Waals surface area contributed by atoms with E-state index in [9.17, 15) is 0 Å². The van der Waals surface area contributed by atoms with Crippen molar-refractivity contribution in [3.8, 4) is 11.4 Å². The lowest BCUT2D eigenvalue weighted by Crippen LogP contribution is -2.41. The number of aromatic nitrogens is 5. The molecule has 0 amide bonds. The van der Waals surface area contributed by atoms with E-state index in [-0.39, 0.29) is 5.04 Å². The molecule has 138 valence electrons. The van der Waals surface area contributed by atoms with Gasteiger partial charge in [-0.15, -0.1) is 0 Å². The second kappa shape index (κ2) is 7.06. The van der Waals surface area contributed by atoms with Gasteiger partial charge in [0, 0.05) is 18.7 Å². The van der Waals surface area contributed by atoms with E-state index < -0.39 is 8.32 Å². The molecule has 0 N–H and O–H groups in total. The predicted molar refractivity (Wildman–Crippen MR) is 106 cm³/mol. The first kappa shape index (κ1) is 18.9. The highest BCUT2D eigenvalue weighted by atomic mass is 35.5. The molecule has 0 aromatic carbocycles. The number of hydrogen-bond donors (Lipinski definition) is 0. The van der Waals surface area contributed by atoms with Crippen LogP contribution in [0.5, 0.6) is 0 Å². The van der Waals surface area contributed by atoms with Crippen molar-refractivity contribution in [3.63, 3.8) is 0 Å². The van der Waals surface area contributed by atoms with Crippen LogP contribution in [0.15, 0.2) is 30.7 Å². The highest BCUT2D eigenvalue weighted by Gasteiger charge is 2.36. The molecule has 0 aliphatic heterocycles. The lowest BCUT2D eigenvalue weighted by atomic mass is 10.2. The van der Waals surface area contributed by atoms with Gasteiger partial charge in [-0.25, -0.2) is 19.5 Å². The second-order valence-electron chi connectivity index (χ2n) is 7.84. The summed E-state index contributed by atoms with van der Waals surface area (Å²) in [7, 11) is -1.74. The zero-order valence-electron chi connectivity index (χ0n) is 15.8. The van der Waals surface area contributed by atoms with Gasteiger partial charge in [-0.2, -0.15) is 5.10 Å². The van der Waals surface area contributed by atoms with Gasteiger partial charge in [-0.05, 0) is 36.3 Å². The molecule has 0 unspecified atom stereocenters. The first-order valence-corrected chi connectivity index (χ1v) is 11.9. The van der Waals surface area contributed by atoms with Crippen molar-refractivity contribution in [2.75, 3.05) is 6.61 Å². The third-order valence-electron chi connectivity index (χ3n) is 4.90. The van der Waals surface area contributed by atoms with Crippen molar-refractivity contribution in [2.24, 2.45) is 0 Å². The van der Waals surface area contributed by atoms with Crippen LogP contribution in [0.1, 0.15) is 26.5 Å². The van der Waals surface area contributed by atoms with Gasteiger partial charge >= 0.3 is 0 Å². The van der Waals surface area contributed by atoms with Gasteiger partial charge in [0.25, 0.3) is 0 Å². The Labute approximate surface area is 159 Å². The van der Waals surface area contributed by atoms with E-state index in [4.69, 9.17) is 16.0 Å². The smallest absolute Gasteiger partial charge is 0.191 e. The highest BCUT2D eigenvalue weighted by molar-refractivity contribution is 6.74. The van der Waals surface area contributed by atoms with Crippen molar-refractivity contribution in [1.82, 2.24) is 24.6 Å². The Morgan fingerprint density at radius 3 is 2.65 bits per heavy atom. The standard InChI is InChI=1S/C18H24ClN5OSi/c1-18(2,3)26(4,5)25-9-8-13-10-14(21-12-20-13)15-11-24-17(22-15)7-6-16(19)23-24/h6-7,10-12H,8-9H2,1-5H3. The Balaban J connectivity index is 1.73. The van der Waals surface area contributed by atoms with Crippen LogP contribution in [0.3, 0.4) is 0 Å². The number of hydrogen-bond acceptors (Lipinski definition) is 5. The van der Waals surface area contributed by atoms with Crippen molar-refractivity contribution >= 4 is 25.6 Å². The maximum absolute atomic E-state index is 6.24. The van der Waals surface area contributed by atoms with E-state index >= 15 is 0 Å². The topological polar surface area (TPSA) is 65.2 Å². The summed E-state index contributed by atoms with van der Waals surface area (Å²) in [6.07, 6.45) is 4.14. The van der Waals surface area contributed by atoms with E-state index in [1.807, 2.05) is 18.3 Å². The Bertz CT molecular complexity index is 919. The summed E-state index contributed by atoms with van der Waals surface area (Å²) in [5, 5.41) is 4.83. The molecule has 8 heteroatoms. The molecule has 0 saturated carbocycles. The summed E-state index contributed by atoms with van der Waals surface area (Å²) in [6.45, 7) is 11.9. The van der Waals surface area contributed by atoms with Crippen molar-refractivity contribution < 1.29 is 4.43 Å². The minimum atomic E-state index is -1.74. The van der Waals surface area contributed by atoms with E-state index in [2.05, 4.69) is 53.9 Å². The maximum atomic E-state index is 6.24. The van der Waals surface area contributed by atoms with Crippen LogP contribution < -0.4 is 0 Å². The van der Waals surface area contributed by atoms with E-state index in [1.165, 1.54) is 0 Å². The average Bonchev–Trinajstić information content (AvgIpc) is 2.97. The summed E-state index contributed by atoms with van der Waals surface area (Å²) in [5.74, 6) is 0. The fraction of sp³-hybridized carbons (Fsp3) is 0.444. The van der Waals surface area contributed by atoms with E-state index in [0.29, 0.717) is 11.8 Å². The number of nitrogens with zero attached hydrogens (tertiary/aromatic N) is 5. The summed E-state index contributed by atoms with van der Waals surface area (Å²) in [4.78, 5) is 13.3. The Kier molecular flexibility index (Phi) is 5.14. The lowest BCUT2D eigenvalue weighted by molar-refractivity contribution is 0.290. The van der Waals surface area contributed by atoms with Crippen molar-refractivity contribution in [1.29, 1.82) is 0 Å². The predicted octanol–water partition coefficient (Wildman–Crippen LogP) is 4.40. The fourth-order valence-electron chi connectivity index (χ4n) is 2.28. The Hall–Kier alpha value is -1.83. The van der Waals surface area contributed by atoms with Crippen LogP contribution in [0.25, 0.3) is 17.0 Å². The first-order chi connectivity index (χ1) is 12.2. The largest absolute Gasteiger partial charge is 0.416 e. The summed E-state index contributed by atoms with van der Waals surface area (Å²) in [6, 6.07) is 5.50. The zero-order chi connectivity index (χ0) is 18.9. The van der Waals surface area contributed by atoms with Gasteiger partial charge in [0.1, 0.15) is 17.2 Å². The summed E-state index contributed by atoms with van der Waals surface area (Å²) < 4.78 is 7.89. The van der Waals surface area contributed by atoms with Gasteiger partial charge < -0.3 is 4.43 Å². The van der Waals surface area contributed by atoms with Gasteiger partial charge in [-0.1, -0.05) is 32.4 Å². The molecular formula is C18H24ClN5OSi. The van der Waals surface area contributed by atoms with Crippen LogP contribution in [0, 0.1) is 0 Å². The van der Waals surface area contributed by atoms with Crippen LogP contribution in [-0.2, 0) is 10.8 Å². The number of imidazole rings is 1. The second-order valence-corrected chi connectivity index (χ2v) is 13.0. The summed E-state index contributed by atoms with van der Waals surface area (Å²) in [5.41, 5.74) is 3.18. The maximum Gasteiger partial charge on any atom is 0.191 e. The minimum Gasteiger partial charge on any atom is -0.416 e. The molecule has 3 rings (SSSR count). The molecule has 26 heavy (non-hydrogen) atoms. The third-order valence-corrected chi connectivity index (χ3v) is 9.64. The zero-order valence-corrected chi connectivity index (χ0v) is 17.6. The Morgan fingerprint density at radius 1 is 1.15 bits per heavy atom. The molecule has 0 bridgehead atoms. The Morgan fingerprint density at radius 2 is 1.92 bits per heavy atom. The first-order valence-electron chi connectivity index (χ1n) is 8.63. The summed E-state index contributed by atoms with van der Waals surface area (Å²) >= 11 is 5.93. The molecule has 0 aliphatic carbocycles. The molecule has 6 nitrogen and oxygen atoms in total. The molecule has 3 aromatic rings. The molecule has 0 saturated heterocycles. The van der Waals surface area contributed by atoms with Gasteiger partial charge in [0.15, 0.2) is 14.0 Å². The molecule has 0 aliphatic rings. The molecule has 3 heterocycles. The van der Waals surface area contributed by atoms with Gasteiger partial charge in [0.2, 0.25) is 0 Å². The van der Waals surface area contributed by atoms with Crippen LogP contribution in [0.2, 0.25) is 23.3 Å². The molecule has 0 radical (unpaired) electrons. The quantitative estimate of drug-likeness (QED) is 0.605. The highest BCUT2D eigenvalue weighted by Crippen LogP contribution is 2.36. The van der Waals surface area contributed by atoms with E-state index in [0.717, 1.165) is 29.1 Å². The van der Waals surface area contributed by atoms with Gasteiger partial charge in [0.05, 0.1) is 11.9 Å². The fourth-order valence-corrected chi connectivity index (χ4v) is 3.47. The monoisotopic (exact) mass is 389 g/mol. The third kappa shape index (κ3) is 4.11. The van der Waals surface area contributed by atoms with Gasteiger partial charge in [-0.3, -0.25) is 0 Å². The molecule has 3 aromatic heterocycles. The average molecular weight is 390 g/mol. The van der Waals surface area contributed by atoms with Crippen LogP contribution >= 0.6 is 11.6 Å². The molecular weight excluding hydrogens is 366 g/mol. The number of rotatable bonds is 5. The lowest BCUT2D eigenvalue weighted by Gasteiger charge is -2.36. The van der Waals surface area contributed by atoms with Crippen LogP contribution in [0.4, 0.5) is 0 Å².